The number of nitrogens with zero attached hydrogens (tertiary/aromatic N) is 1. The standard InChI is InChI=1S/C15H20FNO2/c1-11(9-17-7-8-19-10-12(17)2)15(18)13-5-3-4-6-14(13)16/h3-6,11-12H,7-10H2,1-2H3. The van der Waals surface area contributed by atoms with Crippen LogP contribution in [-0.2, 0) is 4.74 Å². The van der Waals surface area contributed by atoms with Gasteiger partial charge in [-0.3, -0.25) is 9.69 Å². The maximum atomic E-state index is 13.6. The second-order valence-corrected chi connectivity index (χ2v) is 5.16. The van der Waals surface area contributed by atoms with Crippen LogP contribution in [0.2, 0.25) is 0 Å². The second kappa shape index (κ2) is 6.26. The molecule has 2 atom stereocenters. The van der Waals surface area contributed by atoms with Crippen molar-refractivity contribution in [2.45, 2.75) is 19.9 Å². The smallest absolute Gasteiger partial charge is 0.169 e. The number of benzene rings is 1. The van der Waals surface area contributed by atoms with Gasteiger partial charge in [-0.25, -0.2) is 4.39 Å². The minimum Gasteiger partial charge on any atom is -0.379 e. The van der Waals surface area contributed by atoms with Crippen molar-refractivity contribution in [3.05, 3.63) is 35.6 Å². The van der Waals surface area contributed by atoms with E-state index in [1.807, 2.05) is 6.92 Å². The minimum absolute atomic E-state index is 0.128. The van der Waals surface area contributed by atoms with Crippen LogP contribution in [0.4, 0.5) is 4.39 Å². The zero-order valence-electron chi connectivity index (χ0n) is 11.4. The van der Waals surface area contributed by atoms with Crippen LogP contribution in [0.1, 0.15) is 24.2 Å². The van der Waals surface area contributed by atoms with Crippen LogP contribution in [-0.4, -0.2) is 43.0 Å². The molecule has 4 heteroatoms. The van der Waals surface area contributed by atoms with E-state index in [9.17, 15) is 9.18 Å². The first-order valence-electron chi connectivity index (χ1n) is 6.70. The third-order valence-corrected chi connectivity index (χ3v) is 3.60. The summed E-state index contributed by atoms with van der Waals surface area (Å²) < 4.78 is 19.0. The highest BCUT2D eigenvalue weighted by Crippen LogP contribution is 2.16. The van der Waals surface area contributed by atoms with E-state index in [0.29, 0.717) is 25.8 Å². The van der Waals surface area contributed by atoms with Gasteiger partial charge in [0.15, 0.2) is 5.78 Å². The summed E-state index contributed by atoms with van der Waals surface area (Å²) in [6.07, 6.45) is 0. The lowest BCUT2D eigenvalue weighted by atomic mass is 9.97. The molecule has 0 aliphatic carbocycles. The molecule has 0 aromatic heterocycles. The molecule has 0 bridgehead atoms. The molecule has 0 spiro atoms. The van der Waals surface area contributed by atoms with E-state index in [1.165, 1.54) is 6.07 Å². The number of morpholine rings is 1. The summed E-state index contributed by atoms with van der Waals surface area (Å²) in [5.41, 5.74) is 0.191. The van der Waals surface area contributed by atoms with E-state index in [4.69, 9.17) is 4.74 Å². The highest BCUT2D eigenvalue weighted by Gasteiger charge is 2.25. The van der Waals surface area contributed by atoms with Gasteiger partial charge in [-0.2, -0.15) is 0 Å². The summed E-state index contributed by atoms with van der Waals surface area (Å²) in [5.74, 6) is -0.774. The molecule has 19 heavy (non-hydrogen) atoms. The van der Waals surface area contributed by atoms with Crippen molar-refractivity contribution in [1.82, 2.24) is 4.90 Å². The molecule has 2 rings (SSSR count). The highest BCUT2D eigenvalue weighted by atomic mass is 19.1. The number of hydrogen-bond donors (Lipinski definition) is 0. The van der Waals surface area contributed by atoms with Crippen LogP contribution in [0.15, 0.2) is 24.3 Å². The summed E-state index contributed by atoms with van der Waals surface area (Å²) >= 11 is 0. The molecule has 0 amide bonds. The van der Waals surface area contributed by atoms with Crippen LogP contribution in [0.25, 0.3) is 0 Å². The fourth-order valence-corrected chi connectivity index (χ4v) is 2.39. The van der Waals surface area contributed by atoms with Gasteiger partial charge < -0.3 is 4.74 Å². The van der Waals surface area contributed by atoms with Crippen LogP contribution in [0, 0.1) is 11.7 Å². The van der Waals surface area contributed by atoms with E-state index in [2.05, 4.69) is 11.8 Å². The Hall–Kier alpha value is -1.26. The molecule has 3 nitrogen and oxygen atoms in total. The van der Waals surface area contributed by atoms with Crippen molar-refractivity contribution in [2.24, 2.45) is 5.92 Å². The zero-order valence-corrected chi connectivity index (χ0v) is 11.4. The summed E-state index contributed by atoms with van der Waals surface area (Å²) in [6.45, 7) is 6.82. The fraction of sp³-hybridized carbons (Fsp3) is 0.533. The van der Waals surface area contributed by atoms with Crippen LogP contribution < -0.4 is 0 Å². The number of carbonyl (C=O) groups is 1. The SMILES string of the molecule is CC(CN1CCOCC1C)C(=O)c1ccccc1F. The molecular formula is C15H20FNO2. The first kappa shape index (κ1) is 14.2. The number of ether oxygens (including phenoxy) is 1. The van der Waals surface area contributed by atoms with Crippen molar-refractivity contribution in [3.8, 4) is 0 Å². The molecule has 1 aliphatic rings. The third-order valence-electron chi connectivity index (χ3n) is 3.60. The van der Waals surface area contributed by atoms with Gasteiger partial charge in [0.1, 0.15) is 5.82 Å². The Morgan fingerprint density at radius 1 is 1.53 bits per heavy atom. The van der Waals surface area contributed by atoms with Gasteiger partial charge in [-0.1, -0.05) is 19.1 Å². The summed E-state index contributed by atoms with van der Waals surface area (Å²) in [6, 6.07) is 6.49. The Morgan fingerprint density at radius 3 is 2.95 bits per heavy atom. The molecule has 1 aromatic rings. The maximum absolute atomic E-state index is 13.6. The fourth-order valence-electron chi connectivity index (χ4n) is 2.39. The van der Waals surface area contributed by atoms with E-state index < -0.39 is 5.82 Å². The number of hydrogen-bond acceptors (Lipinski definition) is 3. The predicted octanol–water partition coefficient (Wildman–Crippen LogP) is 2.37. The molecule has 0 radical (unpaired) electrons. The highest BCUT2D eigenvalue weighted by molar-refractivity contribution is 5.98. The topological polar surface area (TPSA) is 29.5 Å². The largest absolute Gasteiger partial charge is 0.379 e. The lowest BCUT2D eigenvalue weighted by Gasteiger charge is -2.34. The van der Waals surface area contributed by atoms with Crippen LogP contribution >= 0.6 is 0 Å². The Labute approximate surface area is 113 Å². The molecule has 1 heterocycles. The quantitative estimate of drug-likeness (QED) is 0.783. The van der Waals surface area contributed by atoms with Crippen molar-refractivity contribution in [2.75, 3.05) is 26.3 Å². The van der Waals surface area contributed by atoms with E-state index in [1.54, 1.807) is 18.2 Å². The van der Waals surface area contributed by atoms with E-state index in [-0.39, 0.29) is 17.3 Å². The Kier molecular flexibility index (Phi) is 4.66. The van der Waals surface area contributed by atoms with Crippen molar-refractivity contribution < 1.29 is 13.9 Å². The predicted molar refractivity (Wildman–Crippen MR) is 71.7 cm³/mol. The van der Waals surface area contributed by atoms with E-state index >= 15 is 0 Å². The Balaban J connectivity index is 2.01. The van der Waals surface area contributed by atoms with Crippen LogP contribution in [0.3, 0.4) is 0 Å². The van der Waals surface area contributed by atoms with Gasteiger partial charge in [0.2, 0.25) is 0 Å². The lowest BCUT2D eigenvalue weighted by molar-refractivity contribution is -0.00528. The molecule has 1 saturated heterocycles. The number of Topliss-reactive ketones (excluding diaryl/α,β-unsaturated/α-hetero) is 1. The molecule has 0 saturated carbocycles. The molecule has 1 aromatic carbocycles. The van der Waals surface area contributed by atoms with Crippen molar-refractivity contribution >= 4 is 5.78 Å². The molecule has 1 aliphatic heterocycles. The molecule has 104 valence electrons. The summed E-state index contributed by atoms with van der Waals surface area (Å²) in [7, 11) is 0. The van der Waals surface area contributed by atoms with Gasteiger partial charge in [-0.05, 0) is 19.1 Å². The van der Waals surface area contributed by atoms with E-state index in [0.717, 1.165) is 6.54 Å². The first-order valence-corrected chi connectivity index (χ1v) is 6.70. The minimum atomic E-state index is -0.436. The van der Waals surface area contributed by atoms with Crippen molar-refractivity contribution in [3.63, 3.8) is 0 Å². The van der Waals surface area contributed by atoms with Gasteiger partial charge >= 0.3 is 0 Å². The lowest BCUT2D eigenvalue weighted by Crippen LogP contribution is -2.46. The second-order valence-electron chi connectivity index (χ2n) is 5.16. The number of halogens is 1. The average molecular weight is 265 g/mol. The summed E-state index contributed by atoms with van der Waals surface area (Å²) in [4.78, 5) is 14.5. The number of ketones is 1. The Bertz CT molecular complexity index is 450. The van der Waals surface area contributed by atoms with Gasteiger partial charge in [0.25, 0.3) is 0 Å². The average Bonchev–Trinajstić information content (AvgIpc) is 2.41. The maximum Gasteiger partial charge on any atom is 0.169 e. The van der Waals surface area contributed by atoms with Gasteiger partial charge in [0, 0.05) is 25.0 Å². The third kappa shape index (κ3) is 3.39. The monoisotopic (exact) mass is 265 g/mol. The number of carbonyl (C=O) groups excluding carboxylic acids is 1. The van der Waals surface area contributed by atoms with Gasteiger partial charge in [0.05, 0.1) is 18.8 Å². The molecular weight excluding hydrogens is 245 g/mol. The molecule has 1 fully saturated rings. The first-order chi connectivity index (χ1) is 9.09. The summed E-state index contributed by atoms with van der Waals surface area (Å²) in [5, 5.41) is 0. The van der Waals surface area contributed by atoms with Crippen molar-refractivity contribution in [1.29, 1.82) is 0 Å². The molecule has 0 N–H and O–H groups in total. The number of rotatable bonds is 4. The Morgan fingerprint density at radius 2 is 2.26 bits per heavy atom. The normalized spacial score (nSPS) is 22.2. The van der Waals surface area contributed by atoms with Gasteiger partial charge in [-0.15, -0.1) is 0 Å². The van der Waals surface area contributed by atoms with Crippen LogP contribution in [0.5, 0.6) is 0 Å². The zero-order chi connectivity index (χ0) is 13.8. The molecule has 2 unspecified atom stereocenters.